The molecule has 2 N–H and O–H groups in total. The third-order valence-corrected chi connectivity index (χ3v) is 2.28. The van der Waals surface area contributed by atoms with Gasteiger partial charge in [0.1, 0.15) is 5.76 Å². The summed E-state index contributed by atoms with van der Waals surface area (Å²) in [6.07, 6.45) is 0. The largest absolute Gasteiger partial charge is 0.456 e. The van der Waals surface area contributed by atoms with Gasteiger partial charge in [0, 0.05) is 0 Å². The first-order valence-corrected chi connectivity index (χ1v) is 5.02. The van der Waals surface area contributed by atoms with E-state index in [1.165, 1.54) is 0 Å². The molecule has 0 aromatic carbocycles. The van der Waals surface area contributed by atoms with E-state index >= 15 is 0 Å². The van der Waals surface area contributed by atoms with E-state index in [9.17, 15) is 4.79 Å². The lowest BCUT2D eigenvalue weighted by Crippen LogP contribution is -2.40. The quantitative estimate of drug-likeness (QED) is 0.789. The van der Waals surface area contributed by atoms with Crippen LogP contribution in [0.4, 0.5) is 0 Å². The fraction of sp³-hybridized carbons (Fsp3) is 0.545. The van der Waals surface area contributed by atoms with Gasteiger partial charge < -0.3 is 14.8 Å². The summed E-state index contributed by atoms with van der Waals surface area (Å²) in [5, 5.41) is 11.8. The Morgan fingerprint density at radius 2 is 2.20 bits per heavy atom. The van der Waals surface area contributed by atoms with Crippen LogP contribution in [0.3, 0.4) is 0 Å². The van der Waals surface area contributed by atoms with Crippen LogP contribution in [-0.2, 0) is 0 Å². The molecule has 0 aliphatic rings. The molecule has 1 atom stereocenters. The maximum absolute atomic E-state index is 11.6. The van der Waals surface area contributed by atoms with Gasteiger partial charge in [-0.15, -0.1) is 0 Å². The SMILES string of the molecule is Cc1ccc(C(=O)NC(CO)C(C)C)o1. The minimum Gasteiger partial charge on any atom is -0.456 e. The summed E-state index contributed by atoms with van der Waals surface area (Å²) >= 11 is 0. The van der Waals surface area contributed by atoms with Crippen LogP contribution < -0.4 is 5.32 Å². The van der Waals surface area contributed by atoms with Gasteiger partial charge in [-0.3, -0.25) is 4.79 Å². The van der Waals surface area contributed by atoms with Crippen LogP contribution in [0.5, 0.6) is 0 Å². The lowest BCUT2D eigenvalue weighted by Gasteiger charge is -2.18. The zero-order valence-corrected chi connectivity index (χ0v) is 9.28. The summed E-state index contributed by atoms with van der Waals surface area (Å²) in [5.74, 6) is 0.891. The third kappa shape index (κ3) is 3.09. The van der Waals surface area contributed by atoms with E-state index in [-0.39, 0.29) is 30.2 Å². The van der Waals surface area contributed by atoms with Crippen molar-refractivity contribution in [2.24, 2.45) is 5.92 Å². The van der Waals surface area contributed by atoms with Gasteiger partial charge in [-0.25, -0.2) is 0 Å². The van der Waals surface area contributed by atoms with Crippen LogP contribution in [0.1, 0.15) is 30.2 Å². The van der Waals surface area contributed by atoms with Crippen LogP contribution in [0.2, 0.25) is 0 Å². The Morgan fingerprint density at radius 3 is 2.60 bits per heavy atom. The lowest BCUT2D eigenvalue weighted by molar-refractivity contribution is 0.0867. The molecule has 0 radical (unpaired) electrons. The molecule has 4 nitrogen and oxygen atoms in total. The molecule has 1 unspecified atom stereocenters. The van der Waals surface area contributed by atoms with Crippen LogP contribution in [0, 0.1) is 12.8 Å². The van der Waals surface area contributed by atoms with Crippen LogP contribution >= 0.6 is 0 Å². The van der Waals surface area contributed by atoms with Gasteiger partial charge in [0.25, 0.3) is 5.91 Å². The molecular weight excluding hydrogens is 194 g/mol. The first-order chi connectivity index (χ1) is 7.04. The fourth-order valence-corrected chi connectivity index (χ4v) is 1.22. The van der Waals surface area contributed by atoms with Crippen LogP contribution in [-0.4, -0.2) is 23.7 Å². The maximum atomic E-state index is 11.6. The Bertz CT molecular complexity index is 330. The fourth-order valence-electron chi connectivity index (χ4n) is 1.22. The molecule has 1 aromatic rings. The monoisotopic (exact) mass is 211 g/mol. The standard InChI is InChI=1S/C11H17NO3/c1-7(2)9(6-13)12-11(14)10-5-4-8(3)15-10/h4-5,7,9,13H,6H2,1-3H3,(H,12,14). The average Bonchev–Trinajstić information content (AvgIpc) is 2.60. The zero-order valence-electron chi connectivity index (χ0n) is 9.28. The smallest absolute Gasteiger partial charge is 0.287 e. The van der Waals surface area contributed by atoms with Crippen molar-refractivity contribution in [3.63, 3.8) is 0 Å². The Labute approximate surface area is 89.3 Å². The summed E-state index contributed by atoms with van der Waals surface area (Å²) in [4.78, 5) is 11.6. The first-order valence-electron chi connectivity index (χ1n) is 5.02. The van der Waals surface area contributed by atoms with Crippen molar-refractivity contribution in [2.75, 3.05) is 6.61 Å². The predicted octanol–water partition coefficient (Wildman–Crippen LogP) is 1.33. The van der Waals surface area contributed by atoms with Crippen molar-refractivity contribution in [3.05, 3.63) is 23.7 Å². The van der Waals surface area contributed by atoms with Gasteiger partial charge in [-0.05, 0) is 25.0 Å². The molecule has 0 saturated carbocycles. The van der Waals surface area contributed by atoms with E-state index in [1.54, 1.807) is 19.1 Å². The van der Waals surface area contributed by atoms with E-state index in [4.69, 9.17) is 9.52 Å². The molecule has 1 aromatic heterocycles. The Balaban J connectivity index is 2.62. The molecular formula is C11H17NO3. The molecule has 1 amide bonds. The number of aliphatic hydroxyl groups is 1. The minimum atomic E-state index is -0.282. The minimum absolute atomic E-state index is 0.0664. The Hall–Kier alpha value is -1.29. The number of nitrogens with one attached hydrogen (secondary N) is 1. The summed E-state index contributed by atoms with van der Waals surface area (Å²) in [6, 6.07) is 3.13. The summed E-state index contributed by atoms with van der Waals surface area (Å²) in [6.45, 7) is 5.59. The molecule has 15 heavy (non-hydrogen) atoms. The van der Waals surface area contributed by atoms with Crippen LogP contribution in [0.25, 0.3) is 0 Å². The van der Waals surface area contributed by atoms with E-state index in [0.29, 0.717) is 5.76 Å². The highest BCUT2D eigenvalue weighted by Crippen LogP contribution is 2.08. The maximum Gasteiger partial charge on any atom is 0.287 e. The van der Waals surface area contributed by atoms with Crippen LogP contribution in [0.15, 0.2) is 16.5 Å². The highest BCUT2D eigenvalue weighted by atomic mass is 16.3. The molecule has 0 aliphatic heterocycles. The highest BCUT2D eigenvalue weighted by Gasteiger charge is 2.17. The number of aliphatic hydroxyl groups excluding tert-OH is 1. The molecule has 0 aliphatic carbocycles. The molecule has 1 rings (SSSR count). The zero-order chi connectivity index (χ0) is 11.4. The second-order valence-electron chi connectivity index (χ2n) is 3.92. The second kappa shape index (κ2) is 4.98. The molecule has 0 saturated heterocycles. The number of rotatable bonds is 4. The molecule has 0 fully saturated rings. The van der Waals surface area contributed by atoms with E-state index < -0.39 is 0 Å². The van der Waals surface area contributed by atoms with Crippen molar-refractivity contribution >= 4 is 5.91 Å². The van der Waals surface area contributed by atoms with Gasteiger partial charge in [0.2, 0.25) is 0 Å². The van der Waals surface area contributed by atoms with Crippen molar-refractivity contribution in [1.82, 2.24) is 5.32 Å². The summed E-state index contributed by atoms with van der Waals surface area (Å²) in [5.41, 5.74) is 0. The van der Waals surface area contributed by atoms with Gasteiger partial charge in [-0.2, -0.15) is 0 Å². The van der Waals surface area contributed by atoms with Gasteiger partial charge in [-0.1, -0.05) is 13.8 Å². The predicted molar refractivity (Wildman–Crippen MR) is 56.6 cm³/mol. The van der Waals surface area contributed by atoms with E-state index in [1.807, 2.05) is 13.8 Å². The molecule has 0 spiro atoms. The number of furan rings is 1. The van der Waals surface area contributed by atoms with Gasteiger partial charge >= 0.3 is 0 Å². The van der Waals surface area contributed by atoms with E-state index in [0.717, 1.165) is 0 Å². The number of hydrogen-bond donors (Lipinski definition) is 2. The number of hydrogen-bond acceptors (Lipinski definition) is 3. The number of amides is 1. The van der Waals surface area contributed by atoms with Gasteiger partial charge in [0.15, 0.2) is 5.76 Å². The number of carbonyl (C=O) groups excluding carboxylic acids is 1. The molecule has 0 bridgehead atoms. The summed E-state index contributed by atoms with van der Waals surface area (Å²) in [7, 11) is 0. The van der Waals surface area contributed by atoms with Crippen molar-refractivity contribution in [1.29, 1.82) is 0 Å². The molecule has 1 heterocycles. The third-order valence-electron chi connectivity index (χ3n) is 2.28. The van der Waals surface area contributed by atoms with Gasteiger partial charge in [0.05, 0.1) is 12.6 Å². The number of carbonyl (C=O) groups is 1. The number of aryl methyl sites for hydroxylation is 1. The lowest BCUT2D eigenvalue weighted by atomic mass is 10.1. The van der Waals surface area contributed by atoms with Crippen molar-refractivity contribution in [2.45, 2.75) is 26.8 Å². The average molecular weight is 211 g/mol. The topological polar surface area (TPSA) is 62.5 Å². The van der Waals surface area contributed by atoms with Crippen molar-refractivity contribution < 1.29 is 14.3 Å². The molecule has 4 heteroatoms. The Kier molecular flexibility index (Phi) is 3.91. The molecule has 84 valence electrons. The first kappa shape index (κ1) is 11.8. The Morgan fingerprint density at radius 1 is 1.53 bits per heavy atom. The highest BCUT2D eigenvalue weighted by molar-refractivity contribution is 5.91. The normalized spacial score (nSPS) is 12.9. The van der Waals surface area contributed by atoms with E-state index in [2.05, 4.69) is 5.32 Å². The van der Waals surface area contributed by atoms with Crippen molar-refractivity contribution in [3.8, 4) is 0 Å². The summed E-state index contributed by atoms with van der Waals surface area (Å²) < 4.78 is 5.18. The second-order valence-corrected chi connectivity index (χ2v) is 3.92.